The lowest BCUT2D eigenvalue weighted by molar-refractivity contribution is 0.0600. The third-order valence-corrected chi connectivity index (χ3v) is 6.39. The van der Waals surface area contributed by atoms with Crippen LogP contribution in [0.4, 0.5) is 5.69 Å². The van der Waals surface area contributed by atoms with Crippen molar-refractivity contribution in [3.63, 3.8) is 0 Å². The largest absolute Gasteiger partial charge is 0.465 e. The molecule has 0 amide bonds. The second-order valence-corrected chi connectivity index (χ2v) is 8.19. The predicted molar refractivity (Wildman–Crippen MR) is 99.9 cm³/mol. The first kappa shape index (κ1) is 18.4. The molecule has 3 rings (SSSR count). The fourth-order valence-electron chi connectivity index (χ4n) is 3.06. The molecule has 0 atom stereocenters. The highest BCUT2D eigenvalue weighted by Crippen LogP contribution is 2.22. The molecule has 7 heteroatoms. The number of sulfonamides is 1. The molecular weight excluding hydrogens is 352 g/mol. The number of carbonyl (C=O) groups is 1. The van der Waals surface area contributed by atoms with Gasteiger partial charge in [0.05, 0.1) is 17.6 Å². The first-order valence-corrected chi connectivity index (χ1v) is 9.86. The number of methoxy groups -OCH3 is 1. The molecule has 0 spiro atoms. The highest BCUT2D eigenvalue weighted by molar-refractivity contribution is 7.89. The van der Waals surface area contributed by atoms with Gasteiger partial charge in [0.1, 0.15) is 0 Å². The molecule has 0 N–H and O–H groups in total. The van der Waals surface area contributed by atoms with Crippen molar-refractivity contribution in [3.8, 4) is 0 Å². The summed E-state index contributed by atoms with van der Waals surface area (Å²) in [5.41, 5.74) is 2.51. The lowest BCUT2D eigenvalue weighted by Crippen LogP contribution is -2.48. The number of nitrogens with zero attached hydrogens (tertiary/aromatic N) is 2. The van der Waals surface area contributed by atoms with E-state index < -0.39 is 16.0 Å². The third kappa shape index (κ3) is 3.73. The minimum Gasteiger partial charge on any atom is -0.465 e. The van der Waals surface area contributed by atoms with E-state index in [1.165, 1.54) is 29.1 Å². The Balaban J connectivity index is 1.75. The van der Waals surface area contributed by atoms with Crippen molar-refractivity contribution in [2.45, 2.75) is 11.8 Å². The number of piperazine rings is 1. The van der Waals surface area contributed by atoms with Gasteiger partial charge >= 0.3 is 5.97 Å². The maximum Gasteiger partial charge on any atom is 0.337 e. The summed E-state index contributed by atoms with van der Waals surface area (Å²) in [7, 11) is -2.37. The van der Waals surface area contributed by atoms with E-state index in [2.05, 4.69) is 15.7 Å². The number of anilines is 1. The zero-order valence-electron chi connectivity index (χ0n) is 14.9. The van der Waals surface area contributed by atoms with Crippen molar-refractivity contribution in [1.82, 2.24) is 4.31 Å². The van der Waals surface area contributed by atoms with Gasteiger partial charge in [0, 0.05) is 31.9 Å². The predicted octanol–water partition coefficient (Wildman–Crippen LogP) is 2.29. The van der Waals surface area contributed by atoms with Crippen molar-refractivity contribution >= 4 is 21.7 Å². The fraction of sp³-hybridized carbons (Fsp3) is 0.316. The van der Waals surface area contributed by atoms with Crippen molar-refractivity contribution in [2.24, 2.45) is 0 Å². The molecule has 0 bridgehead atoms. The van der Waals surface area contributed by atoms with Gasteiger partial charge < -0.3 is 9.64 Å². The molecule has 138 valence electrons. The summed E-state index contributed by atoms with van der Waals surface area (Å²) in [6.45, 7) is 4.09. The summed E-state index contributed by atoms with van der Waals surface area (Å²) in [5, 5.41) is 0. The summed E-state index contributed by atoms with van der Waals surface area (Å²) >= 11 is 0. The zero-order chi connectivity index (χ0) is 18.7. The van der Waals surface area contributed by atoms with Crippen LogP contribution in [-0.4, -0.2) is 52.0 Å². The van der Waals surface area contributed by atoms with Crippen LogP contribution in [0.2, 0.25) is 0 Å². The summed E-state index contributed by atoms with van der Waals surface area (Å²) in [6.07, 6.45) is 0. The van der Waals surface area contributed by atoms with E-state index in [0.29, 0.717) is 26.2 Å². The molecule has 6 nitrogen and oxygen atoms in total. The van der Waals surface area contributed by atoms with Gasteiger partial charge in [-0.2, -0.15) is 4.31 Å². The number of ether oxygens (including phenoxy) is 1. The van der Waals surface area contributed by atoms with Gasteiger partial charge in [-0.05, 0) is 42.8 Å². The number of hydrogen-bond donors (Lipinski definition) is 0. The van der Waals surface area contributed by atoms with Gasteiger partial charge in [0.15, 0.2) is 0 Å². The quantitative estimate of drug-likeness (QED) is 0.768. The van der Waals surface area contributed by atoms with Crippen LogP contribution in [0, 0.1) is 6.92 Å². The average Bonchev–Trinajstić information content (AvgIpc) is 2.67. The molecule has 1 heterocycles. The minimum absolute atomic E-state index is 0.115. The van der Waals surface area contributed by atoms with Crippen molar-refractivity contribution < 1.29 is 17.9 Å². The smallest absolute Gasteiger partial charge is 0.337 e. The molecule has 1 aliphatic heterocycles. The Morgan fingerprint density at radius 3 is 2.35 bits per heavy atom. The van der Waals surface area contributed by atoms with Gasteiger partial charge in [-0.15, -0.1) is 0 Å². The number of benzene rings is 2. The van der Waals surface area contributed by atoms with Crippen LogP contribution in [0.15, 0.2) is 53.4 Å². The number of hydrogen-bond acceptors (Lipinski definition) is 5. The van der Waals surface area contributed by atoms with E-state index in [9.17, 15) is 13.2 Å². The van der Waals surface area contributed by atoms with E-state index in [1.54, 1.807) is 12.1 Å². The fourth-order valence-corrected chi connectivity index (χ4v) is 4.53. The van der Waals surface area contributed by atoms with Crippen LogP contribution in [0.1, 0.15) is 15.9 Å². The number of rotatable bonds is 4. The van der Waals surface area contributed by atoms with Crippen LogP contribution < -0.4 is 4.90 Å². The Morgan fingerprint density at radius 1 is 1.00 bits per heavy atom. The average molecular weight is 374 g/mol. The molecule has 1 fully saturated rings. The van der Waals surface area contributed by atoms with E-state index in [-0.39, 0.29) is 10.5 Å². The molecule has 2 aromatic rings. The molecular formula is C19H22N2O4S. The number of esters is 1. The highest BCUT2D eigenvalue weighted by Gasteiger charge is 2.29. The molecule has 1 saturated heterocycles. The van der Waals surface area contributed by atoms with Crippen molar-refractivity contribution in [2.75, 3.05) is 38.2 Å². The second-order valence-electron chi connectivity index (χ2n) is 6.25. The first-order valence-electron chi connectivity index (χ1n) is 8.42. The Labute approximate surface area is 154 Å². The maximum atomic E-state index is 12.9. The monoisotopic (exact) mass is 374 g/mol. The second kappa shape index (κ2) is 7.47. The molecule has 0 unspecified atom stereocenters. The third-order valence-electron chi connectivity index (χ3n) is 4.50. The maximum absolute atomic E-state index is 12.9. The van der Waals surface area contributed by atoms with Crippen molar-refractivity contribution in [1.29, 1.82) is 0 Å². The van der Waals surface area contributed by atoms with E-state index in [0.717, 1.165) is 5.69 Å². The Kier molecular flexibility index (Phi) is 5.29. The lowest BCUT2D eigenvalue weighted by atomic mass is 10.2. The van der Waals surface area contributed by atoms with Gasteiger partial charge in [0.2, 0.25) is 10.0 Å². The van der Waals surface area contributed by atoms with Crippen molar-refractivity contribution in [3.05, 3.63) is 59.7 Å². The van der Waals surface area contributed by atoms with Gasteiger partial charge in [0.25, 0.3) is 0 Å². The first-order chi connectivity index (χ1) is 12.4. The van der Waals surface area contributed by atoms with Crippen LogP contribution >= 0.6 is 0 Å². The molecule has 0 radical (unpaired) electrons. The van der Waals surface area contributed by atoms with E-state index in [1.807, 2.05) is 25.1 Å². The topological polar surface area (TPSA) is 66.9 Å². The van der Waals surface area contributed by atoms with Gasteiger partial charge in [-0.25, -0.2) is 13.2 Å². The summed E-state index contributed by atoms with van der Waals surface area (Å²) in [6, 6.07) is 14.2. The molecule has 0 aliphatic carbocycles. The Hall–Kier alpha value is -2.38. The molecule has 0 saturated carbocycles. The van der Waals surface area contributed by atoms with Crippen LogP contribution in [0.3, 0.4) is 0 Å². The van der Waals surface area contributed by atoms with Crippen LogP contribution in [-0.2, 0) is 14.8 Å². The Morgan fingerprint density at radius 2 is 1.69 bits per heavy atom. The highest BCUT2D eigenvalue weighted by atomic mass is 32.2. The van der Waals surface area contributed by atoms with Crippen LogP contribution in [0.5, 0.6) is 0 Å². The number of carbonyl (C=O) groups excluding carboxylic acids is 1. The van der Waals surface area contributed by atoms with E-state index in [4.69, 9.17) is 0 Å². The summed E-state index contributed by atoms with van der Waals surface area (Å²) in [5.74, 6) is -0.550. The minimum atomic E-state index is -3.64. The molecule has 1 aliphatic rings. The van der Waals surface area contributed by atoms with E-state index >= 15 is 0 Å². The molecule has 0 aromatic heterocycles. The molecule has 26 heavy (non-hydrogen) atoms. The number of aryl methyl sites for hydroxylation is 1. The lowest BCUT2D eigenvalue weighted by Gasteiger charge is -2.35. The summed E-state index contributed by atoms with van der Waals surface area (Å²) < 4.78 is 31.9. The van der Waals surface area contributed by atoms with Gasteiger partial charge in [-0.3, -0.25) is 0 Å². The van der Waals surface area contributed by atoms with Gasteiger partial charge in [-0.1, -0.05) is 18.2 Å². The normalized spacial score (nSPS) is 15.7. The Bertz CT molecular complexity index is 903. The zero-order valence-corrected chi connectivity index (χ0v) is 15.7. The summed E-state index contributed by atoms with van der Waals surface area (Å²) in [4.78, 5) is 14.0. The molecule has 2 aromatic carbocycles. The van der Waals surface area contributed by atoms with Crippen LogP contribution in [0.25, 0.3) is 0 Å². The SMILES string of the molecule is COC(=O)c1cccc(S(=O)(=O)N2CCN(c3cccc(C)c3)CC2)c1. The standard InChI is InChI=1S/C19H22N2O4S/c1-15-5-3-7-17(13-15)20-9-11-21(12-10-20)26(23,24)18-8-4-6-16(14-18)19(22)25-2/h3-8,13-14H,9-12H2,1-2H3.